The van der Waals surface area contributed by atoms with Crippen LogP contribution in [0, 0.1) is 5.82 Å². The molecule has 172 valence electrons. The van der Waals surface area contributed by atoms with Crippen LogP contribution in [0.15, 0.2) is 60.8 Å². The molecule has 3 heterocycles. The van der Waals surface area contributed by atoms with Crippen molar-refractivity contribution in [2.45, 2.75) is 12.9 Å². The molecular weight excluding hydrogens is 476 g/mol. The van der Waals surface area contributed by atoms with E-state index in [9.17, 15) is 22.4 Å². The predicted molar refractivity (Wildman–Crippen MR) is 115 cm³/mol. The first-order chi connectivity index (χ1) is 16.2. The first kappa shape index (κ1) is 21.9. The summed E-state index contributed by atoms with van der Waals surface area (Å²) in [5.41, 5.74) is 2.97. The van der Waals surface area contributed by atoms with Gasteiger partial charge < -0.3 is 10.1 Å². The Hall–Kier alpha value is -3.92. The van der Waals surface area contributed by atoms with Gasteiger partial charge >= 0.3 is 6.36 Å². The zero-order chi connectivity index (χ0) is 24.0. The van der Waals surface area contributed by atoms with E-state index in [0.29, 0.717) is 38.9 Å². The van der Waals surface area contributed by atoms with E-state index in [2.05, 4.69) is 20.1 Å². The van der Waals surface area contributed by atoms with Gasteiger partial charge in [-0.3, -0.25) is 9.78 Å². The highest BCUT2D eigenvalue weighted by Crippen LogP contribution is 2.35. The number of hydrogen-bond donors (Lipinski definition) is 1. The van der Waals surface area contributed by atoms with Gasteiger partial charge in [-0.05, 0) is 48.5 Å². The van der Waals surface area contributed by atoms with Crippen molar-refractivity contribution in [3.8, 4) is 34.1 Å². The van der Waals surface area contributed by atoms with Crippen molar-refractivity contribution < 1.29 is 27.1 Å². The van der Waals surface area contributed by atoms with Crippen molar-refractivity contribution in [3.63, 3.8) is 0 Å². The summed E-state index contributed by atoms with van der Waals surface area (Å²) < 4.78 is 57.6. The number of aromatic nitrogens is 3. The lowest BCUT2D eigenvalue weighted by Crippen LogP contribution is -2.18. The van der Waals surface area contributed by atoms with Crippen molar-refractivity contribution in [1.29, 1.82) is 0 Å². The number of pyridine rings is 1. The van der Waals surface area contributed by atoms with Gasteiger partial charge in [0.25, 0.3) is 5.91 Å². The van der Waals surface area contributed by atoms with E-state index >= 15 is 0 Å². The molecule has 1 amide bonds. The molecule has 0 spiro atoms. The Kier molecular flexibility index (Phi) is 5.24. The minimum absolute atomic E-state index is 0.209. The number of nitrogens with zero attached hydrogens (tertiary/aromatic N) is 3. The van der Waals surface area contributed by atoms with E-state index < -0.39 is 17.9 Å². The molecule has 0 saturated heterocycles. The van der Waals surface area contributed by atoms with E-state index in [1.807, 2.05) is 0 Å². The second-order valence-electron chi connectivity index (χ2n) is 7.37. The average molecular weight is 489 g/mol. The molecule has 34 heavy (non-hydrogen) atoms. The SMILES string of the molecule is O=C1NCc2c1ccnc2-c1cc(-c2ccc(F)c(OC(F)(F)F)c2)n(-c2cccc(Cl)c2)n1. The zero-order valence-corrected chi connectivity index (χ0v) is 17.8. The molecule has 0 fully saturated rings. The highest BCUT2D eigenvalue weighted by Gasteiger charge is 2.33. The molecular formula is C23H13ClF4N4O2. The second kappa shape index (κ2) is 8.14. The number of carbonyl (C=O) groups is 1. The Morgan fingerprint density at radius 2 is 1.91 bits per heavy atom. The van der Waals surface area contributed by atoms with Crippen LogP contribution in [-0.2, 0) is 6.54 Å². The monoisotopic (exact) mass is 488 g/mol. The smallest absolute Gasteiger partial charge is 0.403 e. The highest BCUT2D eigenvalue weighted by atomic mass is 35.5. The van der Waals surface area contributed by atoms with Crippen LogP contribution in [0.4, 0.5) is 17.6 Å². The molecule has 0 aliphatic carbocycles. The summed E-state index contributed by atoms with van der Waals surface area (Å²) in [7, 11) is 0. The Balaban J connectivity index is 1.70. The van der Waals surface area contributed by atoms with E-state index in [1.54, 1.807) is 36.4 Å². The van der Waals surface area contributed by atoms with Crippen LogP contribution in [0.1, 0.15) is 15.9 Å². The summed E-state index contributed by atoms with van der Waals surface area (Å²) in [5, 5.41) is 7.74. The molecule has 2 aromatic carbocycles. The molecule has 2 aromatic heterocycles. The normalized spacial score (nSPS) is 13.0. The van der Waals surface area contributed by atoms with Crippen molar-refractivity contribution in [1.82, 2.24) is 20.1 Å². The van der Waals surface area contributed by atoms with Crippen molar-refractivity contribution >= 4 is 17.5 Å². The average Bonchev–Trinajstić information content (AvgIpc) is 3.39. The fourth-order valence-corrected chi connectivity index (χ4v) is 3.93. The third-order valence-electron chi connectivity index (χ3n) is 5.18. The summed E-state index contributed by atoms with van der Waals surface area (Å²) >= 11 is 6.13. The molecule has 6 nitrogen and oxygen atoms in total. The van der Waals surface area contributed by atoms with Crippen molar-refractivity contribution in [3.05, 3.63) is 82.8 Å². The third-order valence-corrected chi connectivity index (χ3v) is 5.42. The predicted octanol–water partition coefficient (Wildman–Crippen LogP) is 5.54. The molecule has 0 unspecified atom stereocenters. The molecule has 0 saturated carbocycles. The quantitative estimate of drug-likeness (QED) is 0.383. The van der Waals surface area contributed by atoms with Crippen molar-refractivity contribution in [2.75, 3.05) is 0 Å². The summed E-state index contributed by atoms with van der Waals surface area (Å²) in [6.45, 7) is 0.261. The largest absolute Gasteiger partial charge is 0.573 e. The number of benzene rings is 2. The maximum absolute atomic E-state index is 14.0. The number of ether oxygens (including phenoxy) is 1. The molecule has 1 aliphatic rings. The summed E-state index contributed by atoms with van der Waals surface area (Å²) in [6, 6.07) is 13.0. The van der Waals surface area contributed by atoms with E-state index in [0.717, 1.165) is 12.1 Å². The lowest BCUT2D eigenvalue weighted by atomic mass is 10.1. The van der Waals surface area contributed by atoms with Gasteiger partial charge in [0, 0.05) is 34.5 Å². The summed E-state index contributed by atoms with van der Waals surface area (Å²) in [5.74, 6) is -2.37. The lowest BCUT2D eigenvalue weighted by Gasteiger charge is -2.12. The maximum Gasteiger partial charge on any atom is 0.573 e. The Bertz CT molecular complexity index is 1430. The topological polar surface area (TPSA) is 69.0 Å². The first-order valence-electron chi connectivity index (χ1n) is 9.88. The number of rotatable bonds is 4. The van der Waals surface area contributed by atoms with Crippen molar-refractivity contribution in [2.24, 2.45) is 0 Å². The Morgan fingerprint density at radius 1 is 1.09 bits per heavy atom. The fourth-order valence-electron chi connectivity index (χ4n) is 3.74. The molecule has 1 N–H and O–H groups in total. The van der Waals surface area contributed by atoms with E-state index in [4.69, 9.17) is 11.6 Å². The van der Waals surface area contributed by atoms with Crippen LogP contribution in [0.25, 0.3) is 28.3 Å². The van der Waals surface area contributed by atoms with Gasteiger partial charge in [0.1, 0.15) is 5.69 Å². The third kappa shape index (κ3) is 4.08. The van der Waals surface area contributed by atoms with E-state index in [-0.39, 0.29) is 18.0 Å². The van der Waals surface area contributed by atoms with Crippen LogP contribution in [0.2, 0.25) is 5.02 Å². The summed E-state index contributed by atoms with van der Waals surface area (Å²) in [4.78, 5) is 16.4. The van der Waals surface area contributed by atoms with Gasteiger partial charge in [0.05, 0.1) is 17.1 Å². The number of amides is 1. The highest BCUT2D eigenvalue weighted by molar-refractivity contribution is 6.30. The van der Waals surface area contributed by atoms with Crippen LogP contribution < -0.4 is 10.1 Å². The molecule has 0 atom stereocenters. The van der Waals surface area contributed by atoms with Gasteiger partial charge in [-0.15, -0.1) is 13.2 Å². The molecule has 1 aliphatic heterocycles. The second-order valence-corrected chi connectivity index (χ2v) is 7.80. The molecule has 0 bridgehead atoms. The number of alkyl halides is 3. The number of fused-ring (bicyclic) bond motifs is 1. The lowest BCUT2D eigenvalue weighted by molar-refractivity contribution is -0.275. The number of hydrogen-bond acceptors (Lipinski definition) is 4. The minimum atomic E-state index is -5.06. The van der Waals surface area contributed by atoms with Gasteiger partial charge in [0.2, 0.25) is 0 Å². The van der Waals surface area contributed by atoms with E-state index in [1.165, 1.54) is 16.9 Å². The Morgan fingerprint density at radius 3 is 2.68 bits per heavy atom. The molecule has 5 rings (SSSR count). The maximum atomic E-state index is 14.0. The minimum Gasteiger partial charge on any atom is -0.403 e. The van der Waals surface area contributed by atoms with Crippen LogP contribution in [-0.4, -0.2) is 27.0 Å². The van der Waals surface area contributed by atoms with Gasteiger partial charge in [0.15, 0.2) is 11.6 Å². The van der Waals surface area contributed by atoms with Crippen LogP contribution in [0.5, 0.6) is 5.75 Å². The Labute approximate surface area is 194 Å². The number of halogens is 5. The fraction of sp³-hybridized carbons (Fsp3) is 0.0870. The molecule has 4 aromatic rings. The van der Waals surface area contributed by atoms with Crippen LogP contribution >= 0.6 is 11.6 Å². The standard InChI is InChI=1S/C23H13ClF4N4O2/c24-13-2-1-3-14(9-13)32-19(12-4-5-17(25)20(8-12)34-23(26,27)28)10-18(31-32)21-16-11-30-22(33)15(16)6-7-29-21/h1-10H,11H2,(H,30,33). The van der Waals surface area contributed by atoms with Gasteiger partial charge in [-0.1, -0.05) is 17.7 Å². The van der Waals surface area contributed by atoms with Gasteiger partial charge in [-0.2, -0.15) is 5.10 Å². The molecule has 0 radical (unpaired) electrons. The number of nitrogens with one attached hydrogen (secondary N) is 1. The van der Waals surface area contributed by atoms with Gasteiger partial charge in [-0.25, -0.2) is 9.07 Å². The first-order valence-corrected chi connectivity index (χ1v) is 10.3. The summed E-state index contributed by atoms with van der Waals surface area (Å²) in [6.07, 6.45) is -3.59. The van der Waals surface area contributed by atoms with Crippen LogP contribution in [0.3, 0.4) is 0 Å². The molecule has 11 heteroatoms. The number of carbonyl (C=O) groups excluding carboxylic acids is 1. The zero-order valence-electron chi connectivity index (χ0n) is 17.0.